The Morgan fingerprint density at radius 2 is 1.71 bits per heavy atom. The maximum atomic E-state index is 12.0. The molecule has 0 heterocycles. The summed E-state index contributed by atoms with van der Waals surface area (Å²) in [5, 5.41) is 5.76. The van der Waals surface area contributed by atoms with Crippen molar-refractivity contribution in [2.75, 3.05) is 13.1 Å². The van der Waals surface area contributed by atoms with Crippen molar-refractivity contribution in [2.45, 2.75) is 39.0 Å². The number of rotatable bonds is 5. The number of hydrogen-bond donors (Lipinski definition) is 2. The fraction of sp³-hybridized carbons (Fsp3) is 0.529. The van der Waals surface area contributed by atoms with Gasteiger partial charge in [-0.1, -0.05) is 37.5 Å². The second kappa shape index (κ2) is 7.81. The fourth-order valence-electron chi connectivity index (χ4n) is 2.79. The van der Waals surface area contributed by atoms with Gasteiger partial charge >= 0.3 is 0 Å². The smallest absolute Gasteiger partial charge is 0.251 e. The van der Waals surface area contributed by atoms with E-state index in [9.17, 15) is 9.59 Å². The number of benzene rings is 1. The second-order valence-corrected chi connectivity index (χ2v) is 5.70. The summed E-state index contributed by atoms with van der Waals surface area (Å²) in [6.07, 6.45) is 5.56. The summed E-state index contributed by atoms with van der Waals surface area (Å²) in [7, 11) is 0. The second-order valence-electron chi connectivity index (χ2n) is 5.70. The van der Waals surface area contributed by atoms with Crippen LogP contribution in [0.3, 0.4) is 0 Å². The third kappa shape index (κ3) is 4.59. The molecule has 21 heavy (non-hydrogen) atoms. The predicted molar refractivity (Wildman–Crippen MR) is 83.1 cm³/mol. The van der Waals surface area contributed by atoms with Crippen LogP contribution in [0.2, 0.25) is 0 Å². The molecule has 0 bridgehead atoms. The summed E-state index contributed by atoms with van der Waals surface area (Å²) in [5.74, 6) is 0.227. The minimum absolute atomic E-state index is 0.0833. The maximum absolute atomic E-state index is 12.0. The average molecular weight is 288 g/mol. The minimum atomic E-state index is -0.0833. The van der Waals surface area contributed by atoms with E-state index in [1.165, 1.54) is 6.42 Å². The van der Waals surface area contributed by atoms with Crippen molar-refractivity contribution in [3.05, 3.63) is 35.4 Å². The first-order chi connectivity index (χ1) is 10.2. The van der Waals surface area contributed by atoms with E-state index in [4.69, 9.17) is 0 Å². The first-order valence-corrected chi connectivity index (χ1v) is 7.80. The molecule has 1 aliphatic rings. The van der Waals surface area contributed by atoms with Gasteiger partial charge in [0, 0.05) is 24.6 Å². The molecule has 1 fully saturated rings. The number of carbonyl (C=O) groups excluding carboxylic acids is 2. The topological polar surface area (TPSA) is 58.2 Å². The van der Waals surface area contributed by atoms with E-state index in [-0.39, 0.29) is 17.7 Å². The lowest BCUT2D eigenvalue weighted by atomic mass is 9.89. The van der Waals surface area contributed by atoms with Crippen LogP contribution < -0.4 is 10.6 Å². The quantitative estimate of drug-likeness (QED) is 0.818. The number of aryl methyl sites for hydroxylation is 1. The maximum Gasteiger partial charge on any atom is 0.251 e. The zero-order valence-electron chi connectivity index (χ0n) is 12.7. The Hall–Kier alpha value is -1.84. The first kappa shape index (κ1) is 15.5. The summed E-state index contributed by atoms with van der Waals surface area (Å²) >= 11 is 0. The van der Waals surface area contributed by atoms with E-state index in [1.807, 2.05) is 31.2 Å². The van der Waals surface area contributed by atoms with Gasteiger partial charge in [0.25, 0.3) is 5.91 Å². The molecule has 0 aromatic heterocycles. The minimum Gasteiger partial charge on any atom is -0.354 e. The molecule has 2 rings (SSSR count). The van der Waals surface area contributed by atoms with Crippen LogP contribution in [0.5, 0.6) is 0 Å². The third-order valence-electron chi connectivity index (χ3n) is 4.08. The van der Waals surface area contributed by atoms with Crippen molar-refractivity contribution in [3.8, 4) is 0 Å². The molecule has 4 nitrogen and oxygen atoms in total. The molecular weight excluding hydrogens is 264 g/mol. The lowest BCUT2D eigenvalue weighted by molar-refractivity contribution is -0.125. The molecule has 1 aliphatic carbocycles. The molecule has 2 N–H and O–H groups in total. The Bertz CT molecular complexity index is 493. The third-order valence-corrected chi connectivity index (χ3v) is 4.08. The van der Waals surface area contributed by atoms with Crippen LogP contribution in [0.4, 0.5) is 0 Å². The van der Waals surface area contributed by atoms with E-state index >= 15 is 0 Å². The number of hydrogen-bond acceptors (Lipinski definition) is 2. The van der Waals surface area contributed by atoms with Crippen molar-refractivity contribution < 1.29 is 9.59 Å². The van der Waals surface area contributed by atoms with Crippen LogP contribution >= 0.6 is 0 Å². The molecule has 0 radical (unpaired) electrons. The van der Waals surface area contributed by atoms with Gasteiger partial charge in [-0.2, -0.15) is 0 Å². The van der Waals surface area contributed by atoms with Gasteiger partial charge in [-0.05, 0) is 31.4 Å². The molecule has 4 heteroatoms. The van der Waals surface area contributed by atoms with Gasteiger partial charge in [-0.25, -0.2) is 0 Å². The van der Waals surface area contributed by atoms with Crippen LogP contribution in [-0.4, -0.2) is 24.9 Å². The molecule has 1 saturated carbocycles. The highest BCUT2D eigenvalue weighted by Gasteiger charge is 2.20. The molecule has 114 valence electrons. The van der Waals surface area contributed by atoms with E-state index < -0.39 is 0 Å². The number of carbonyl (C=O) groups is 2. The highest BCUT2D eigenvalue weighted by atomic mass is 16.2. The molecule has 0 aliphatic heterocycles. The molecule has 0 saturated heterocycles. The van der Waals surface area contributed by atoms with Crippen molar-refractivity contribution in [1.82, 2.24) is 10.6 Å². The summed E-state index contributed by atoms with van der Waals surface area (Å²) in [5.41, 5.74) is 1.65. The highest BCUT2D eigenvalue weighted by Crippen LogP contribution is 2.23. The van der Waals surface area contributed by atoms with Gasteiger partial charge in [-0.3, -0.25) is 9.59 Å². The SMILES string of the molecule is Cc1ccccc1C(=O)NCCNC(=O)C1CCCCC1. The average Bonchev–Trinajstić information content (AvgIpc) is 2.52. The molecule has 1 aromatic carbocycles. The van der Waals surface area contributed by atoms with Gasteiger partial charge in [0.2, 0.25) is 5.91 Å². The Labute approximate surface area is 126 Å². The van der Waals surface area contributed by atoms with Crippen LogP contribution in [-0.2, 0) is 4.79 Å². The van der Waals surface area contributed by atoms with Gasteiger partial charge in [-0.15, -0.1) is 0 Å². The van der Waals surface area contributed by atoms with Crippen molar-refractivity contribution in [2.24, 2.45) is 5.92 Å². The van der Waals surface area contributed by atoms with Gasteiger partial charge in [0.1, 0.15) is 0 Å². The summed E-state index contributed by atoms with van der Waals surface area (Å²) in [6, 6.07) is 7.49. The standard InChI is InChI=1S/C17H24N2O2/c1-13-7-5-6-10-15(13)17(21)19-12-11-18-16(20)14-8-3-2-4-9-14/h5-7,10,14H,2-4,8-9,11-12H2,1H3,(H,18,20)(H,19,21). The zero-order chi connectivity index (χ0) is 15.1. The Morgan fingerprint density at radius 1 is 1.05 bits per heavy atom. The lowest BCUT2D eigenvalue weighted by Crippen LogP contribution is -2.38. The fourth-order valence-corrected chi connectivity index (χ4v) is 2.79. The zero-order valence-corrected chi connectivity index (χ0v) is 12.7. The Kier molecular flexibility index (Phi) is 5.78. The van der Waals surface area contributed by atoms with Crippen LogP contribution in [0.25, 0.3) is 0 Å². The van der Waals surface area contributed by atoms with Crippen LogP contribution in [0.15, 0.2) is 24.3 Å². The normalized spacial score (nSPS) is 15.5. The molecular formula is C17H24N2O2. The van der Waals surface area contributed by atoms with E-state index in [0.29, 0.717) is 18.7 Å². The summed E-state index contributed by atoms with van der Waals surface area (Å²) < 4.78 is 0. The van der Waals surface area contributed by atoms with Crippen molar-refractivity contribution >= 4 is 11.8 Å². The van der Waals surface area contributed by atoms with E-state index in [2.05, 4.69) is 10.6 Å². The van der Waals surface area contributed by atoms with Crippen LogP contribution in [0, 0.1) is 12.8 Å². The molecule has 1 aromatic rings. The molecule has 0 spiro atoms. The van der Waals surface area contributed by atoms with Gasteiger partial charge < -0.3 is 10.6 Å². The lowest BCUT2D eigenvalue weighted by Gasteiger charge is -2.20. The van der Waals surface area contributed by atoms with E-state index in [0.717, 1.165) is 31.2 Å². The largest absolute Gasteiger partial charge is 0.354 e. The van der Waals surface area contributed by atoms with Crippen LogP contribution in [0.1, 0.15) is 48.0 Å². The van der Waals surface area contributed by atoms with Gasteiger partial charge in [0.15, 0.2) is 0 Å². The monoisotopic (exact) mass is 288 g/mol. The van der Waals surface area contributed by atoms with E-state index in [1.54, 1.807) is 0 Å². The molecule has 0 unspecified atom stereocenters. The number of amides is 2. The summed E-state index contributed by atoms with van der Waals surface area (Å²) in [4.78, 5) is 23.9. The Morgan fingerprint density at radius 3 is 2.43 bits per heavy atom. The molecule has 0 atom stereocenters. The van der Waals surface area contributed by atoms with Gasteiger partial charge in [0.05, 0.1) is 0 Å². The predicted octanol–water partition coefficient (Wildman–Crippen LogP) is 2.42. The van der Waals surface area contributed by atoms with Crippen molar-refractivity contribution in [3.63, 3.8) is 0 Å². The van der Waals surface area contributed by atoms with Crippen molar-refractivity contribution in [1.29, 1.82) is 0 Å². The summed E-state index contributed by atoms with van der Waals surface area (Å²) in [6.45, 7) is 2.87. The highest BCUT2D eigenvalue weighted by molar-refractivity contribution is 5.95. The first-order valence-electron chi connectivity index (χ1n) is 7.80. The Balaban J connectivity index is 1.68. The molecule has 2 amide bonds. The number of nitrogens with one attached hydrogen (secondary N) is 2.